The van der Waals surface area contributed by atoms with Gasteiger partial charge in [0.15, 0.2) is 0 Å². The molecule has 0 saturated carbocycles. The van der Waals surface area contributed by atoms with E-state index in [0.29, 0.717) is 24.4 Å². The van der Waals surface area contributed by atoms with Crippen molar-refractivity contribution in [2.45, 2.75) is 6.92 Å². The second-order valence-electron chi connectivity index (χ2n) is 5.20. The van der Waals surface area contributed by atoms with Crippen LogP contribution in [0.15, 0.2) is 42.5 Å². The molecule has 5 nitrogen and oxygen atoms in total. The Morgan fingerprint density at radius 2 is 1.91 bits per heavy atom. The standard InChI is InChI=1S/C18H22N2O3/c1-14-16(18(22)20(10-12-21)11-13-23-2)8-9-17(19-14)15-6-4-3-5-7-15/h3-9,21H,10-13H2,1-2H3. The summed E-state index contributed by atoms with van der Waals surface area (Å²) in [6.45, 7) is 2.90. The Morgan fingerprint density at radius 3 is 2.52 bits per heavy atom. The summed E-state index contributed by atoms with van der Waals surface area (Å²) < 4.78 is 5.02. The molecule has 0 aliphatic carbocycles. The van der Waals surface area contributed by atoms with Crippen molar-refractivity contribution < 1.29 is 14.6 Å². The molecule has 1 aromatic heterocycles. The molecule has 1 aromatic carbocycles. The van der Waals surface area contributed by atoms with Crippen molar-refractivity contribution in [1.82, 2.24) is 9.88 Å². The van der Waals surface area contributed by atoms with Crippen LogP contribution in [0.3, 0.4) is 0 Å². The third kappa shape index (κ3) is 4.37. The molecule has 0 saturated heterocycles. The predicted octanol–water partition coefficient (Wildman–Crippen LogP) is 2.14. The van der Waals surface area contributed by atoms with E-state index >= 15 is 0 Å². The molecular weight excluding hydrogens is 292 g/mol. The summed E-state index contributed by atoms with van der Waals surface area (Å²) in [5, 5.41) is 9.14. The van der Waals surface area contributed by atoms with Crippen LogP contribution >= 0.6 is 0 Å². The Balaban J connectivity index is 2.23. The minimum Gasteiger partial charge on any atom is -0.395 e. The van der Waals surface area contributed by atoms with E-state index in [1.807, 2.05) is 43.3 Å². The van der Waals surface area contributed by atoms with Crippen molar-refractivity contribution in [2.75, 3.05) is 33.4 Å². The van der Waals surface area contributed by atoms with Gasteiger partial charge in [-0.1, -0.05) is 30.3 Å². The number of pyridine rings is 1. The molecule has 122 valence electrons. The lowest BCUT2D eigenvalue weighted by Crippen LogP contribution is -2.36. The highest BCUT2D eigenvalue weighted by Crippen LogP contribution is 2.19. The number of hydrogen-bond acceptors (Lipinski definition) is 4. The number of carbonyl (C=O) groups excluding carboxylic acids is 1. The monoisotopic (exact) mass is 314 g/mol. The Bertz CT molecular complexity index is 644. The molecule has 1 N–H and O–H groups in total. The molecule has 23 heavy (non-hydrogen) atoms. The molecule has 0 fully saturated rings. The highest BCUT2D eigenvalue weighted by molar-refractivity contribution is 5.95. The number of methoxy groups -OCH3 is 1. The first kappa shape index (κ1) is 17.1. The Kier molecular flexibility index (Phi) is 6.26. The van der Waals surface area contributed by atoms with Gasteiger partial charge in [-0.05, 0) is 19.1 Å². The number of aliphatic hydroxyl groups is 1. The summed E-state index contributed by atoms with van der Waals surface area (Å²) in [4.78, 5) is 18.8. The molecule has 5 heteroatoms. The average Bonchev–Trinajstić information content (AvgIpc) is 2.58. The third-order valence-corrected chi connectivity index (χ3v) is 3.61. The van der Waals surface area contributed by atoms with Gasteiger partial charge in [0.05, 0.1) is 30.2 Å². The highest BCUT2D eigenvalue weighted by Gasteiger charge is 2.18. The van der Waals surface area contributed by atoms with Crippen LogP contribution in [0.5, 0.6) is 0 Å². The molecule has 1 amide bonds. The van der Waals surface area contributed by atoms with Crippen LogP contribution in [-0.2, 0) is 4.74 Å². The lowest BCUT2D eigenvalue weighted by molar-refractivity contribution is 0.0655. The molecule has 0 radical (unpaired) electrons. The van der Waals surface area contributed by atoms with E-state index in [1.54, 1.807) is 18.1 Å². The topological polar surface area (TPSA) is 62.7 Å². The van der Waals surface area contributed by atoms with Gasteiger partial charge in [-0.2, -0.15) is 0 Å². The van der Waals surface area contributed by atoms with Crippen LogP contribution in [0, 0.1) is 6.92 Å². The van der Waals surface area contributed by atoms with Gasteiger partial charge in [-0.25, -0.2) is 0 Å². The molecule has 2 aromatic rings. The van der Waals surface area contributed by atoms with Gasteiger partial charge >= 0.3 is 0 Å². The molecule has 0 unspecified atom stereocenters. The fourth-order valence-corrected chi connectivity index (χ4v) is 2.36. The lowest BCUT2D eigenvalue weighted by atomic mass is 10.1. The van der Waals surface area contributed by atoms with Crippen molar-refractivity contribution >= 4 is 5.91 Å². The Morgan fingerprint density at radius 1 is 1.17 bits per heavy atom. The first-order chi connectivity index (χ1) is 11.2. The Hall–Kier alpha value is -2.24. The summed E-state index contributed by atoms with van der Waals surface area (Å²) in [5.41, 5.74) is 3.08. The summed E-state index contributed by atoms with van der Waals surface area (Å²) in [6, 6.07) is 13.5. The number of hydrogen-bond donors (Lipinski definition) is 1. The minimum absolute atomic E-state index is 0.0793. The number of rotatable bonds is 7. The summed E-state index contributed by atoms with van der Waals surface area (Å²) >= 11 is 0. The van der Waals surface area contributed by atoms with E-state index in [-0.39, 0.29) is 19.1 Å². The van der Waals surface area contributed by atoms with Gasteiger partial charge in [-0.3, -0.25) is 9.78 Å². The lowest BCUT2D eigenvalue weighted by Gasteiger charge is -2.22. The molecule has 0 bridgehead atoms. The number of benzene rings is 1. The zero-order valence-corrected chi connectivity index (χ0v) is 13.5. The molecule has 0 aliphatic rings. The quantitative estimate of drug-likeness (QED) is 0.850. The normalized spacial score (nSPS) is 10.6. The highest BCUT2D eigenvalue weighted by atomic mass is 16.5. The summed E-state index contributed by atoms with van der Waals surface area (Å²) in [6.07, 6.45) is 0. The number of aromatic nitrogens is 1. The number of ether oxygens (including phenoxy) is 1. The SMILES string of the molecule is COCCN(CCO)C(=O)c1ccc(-c2ccccc2)nc1C. The Labute approximate surface area is 136 Å². The third-order valence-electron chi connectivity index (χ3n) is 3.61. The second-order valence-corrected chi connectivity index (χ2v) is 5.20. The van der Waals surface area contributed by atoms with Crippen LogP contribution in [0.25, 0.3) is 11.3 Å². The summed E-state index contributed by atoms with van der Waals surface area (Å²) in [5.74, 6) is -0.138. The van der Waals surface area contributed by atoms with Crippen molar-refractivity contribution in [3.05, 3.63) is 53.7 Å². The van der Waals surface area contributed by atoms with Crippen molar-refractivity contribution in [3.63, 3.8) is 0 Å². The molecule has 1 heterocycles. The predicted molar refractivity (Wildman–Crippen MR) is 89.3 cm³/mol. The van der Waals surface area contributed by atoms with E-state index in [1.165, 1.54) is 0 Å². The largest absolute Gasteiger partial charge is 0.395 e. The first-order valence-corrected chi connectivity index (χ1v) is 7.59. The van der Waals surface area contributed by atoms with E-state index in [2.05, 4.69) is 4.98 Å². The van der Waals surface area contributed by atoms with Crippen molar-refractivity contribution in [1.29, 1.82) is 0 Å². The maximum absolute atomic E-state index is 12.6. The fraction of sp³-hybridized carbons (Fsp3) is 0.333. The van der Waals surface area contributed by atoms with E-state index in [0.717, 1.165) is 11.3 Å². The van der Waals surface area contributed by atoms with Gasteiger partial charge < -0.3 is 14.7 Å². The van der Waals surface area contributed by atoms with Gasteiger partial charge in [0, 0.05) is 25.8 Å². The van der Waals surface area contributed by atoms with E-state index in [4.69, 9.17) is 9.84 Å². The second kappa shape index (κ2) is 8.41. The molecular formula is C18H22N2O3. The number of carbonyl (C=O) groups is 1. The van der Waals surface area contributed by atoms with Gasteiger partial charge in [0.2, 0.25) is 0 Å². The smallest absolute Gasteiger partial charge is 0.255 e. The maximum Gasteiger partial charge on any atom is 0.255 e. The molecule has 0 aliphatic heterocycles. The minimum atomic E-state index is -0.138. The zero-order chi connectivity index (χ0) is 16.7. The molecule has 0 atom stereocenters. The summed E-state index contributed by atoms with van der Waals surface area (Å²) in [7, 11) is 1.59. The molecule has 0 spiro atoms. The van der Waals surface area contributed by atoms with Gasteiger partial charge in [-0.15, -0.1) is 0 Å². The van der Waals surface area contributed by atoms with Crippen LogP contribution < -0.4 is 0 Å². The molecule has 2 rings (SSSR count). The van der Waals surface area contributed by atoms with Crippen molar-refractivity contribution in [3.8, 4) is 11.3 Å². The van der Waals surface area contributed by atoms with Crippen LogP contribution in [0.1, 0.15) is 16.1 Å². The van der Waals surface area contributed by atoms with Crippen molar-refractivity contribution in [2.24, 2.45) is 0 Å². The van der Waals surface area contributed by atoms with E-state index < -0.39 is 0 Å². The van der Waals surface area contributed by atoms with Gasteiger partial charge in [0.25, 0.3) is 5.91 Å². The maximum atomic E-state index is 12.6. The van der Waals surface area contributed by atoms with Crippen LogP contribution in [0.4, 0.5) is 0 Å². The van der Waals surface area contributed by atoms with Crippen LogP contribution in [0.2, 0.25) is 0 Å². The zero-order valence-electron chi connectivity index (χ0n) is 13.5. The number of nitrogens with zero attached hydrogens (tertiary/aromatic N) is 2. The van der Waals surface area contributed by atoms with Crippen LogP contribution in [-0.4, -0.2) is 54.3 Å². The first-order valence-electron chi connectivity index (χ1n) is 7.59. The fourth-order valence-electron chi connectivity index (χ4n) is 2.36. The van der Waals surface area contributed by atoms with E-state index in [9.17, 15) is 4.79 Å². The average molecular weight is 314 g/mol. The number of aryl methyl sites for hydroxylation is 1. The number of amides is 1. The number of aliphatic hydroxyl groups excluding tert-OH is 1. The van der Waals surface area contributed by atoms with Gasteiger partial charge in [0.1, 0.15) is 0 Å².